The Bertz CT molecular complexity index is 1720. The van der Waals surface area contributed by atoms with Crippen LogP contribution in [0.1, 0.15) is 46.0 Å². The van der Waals surface area contributed by atoms with Gasteiger partial charge in [0.05, 0.1) is 5.69 Å². The Labute approximate surface area is 273 Å². The number of allylic oxidation sites excluding steroid dienone is 2. The Balaban J connectivity index is 1.45. The van der Waals surface area contributed by atoms with Gasteiger partial charge in [-0.2, -0.15) is 0 Å². The van der Waals surface area contributed by atoms with Crippen LogP contribution in [-0.4, -0.2) is 6.04 Å². The van der Waals surface area contributed by atoms with Crippen molar-refractivity contribution in [3.63, 3.8) is 0 Å². The Morgan fingerprint density at radius 1 is 0.689 bits per heavy atom. The number of para-hydroxylation sites is 2. The molecule has 1 aliphatic carbocycles. The second-order valence-corrected chi connectivity index (χ2v) is 13.2. The zero-order chi connectivity index (χ0) is 30.8. The van der Waals surface area contributed by atoms with E-state index in [1.807, 2.05) is 0 Å². The highest BCUT2D eigenvalue weighted by Gasteiger charge is 2.34. The van der Waals surface area contributed by atoms with Crippen LogP contribution < -0.4 is 9.80 Å². The fourth-order valence-corrected chi connectivity index (χ4v) is 7.78. The van der Waals surface area contributed by atoms with E-state index in [1.165, 1.54) is 52.9 Å². The lowest BCUT2D eigenvalue weighted by Gasteiger charge is -2.44. The van der Waals surface area contributed by atoms with Gasteiger partial charge < -0.3 is 9.80 Å². The number of piperidine rings is 1. The molecule has 7 rings (SSSR count). The number of halogens is 1. The second kappa shape index (κ2) is 13.0. The van der Waals surface area contributed by atoms with Gasteiger partial charge in [-0.3, -0.25) is 0 Å². The summed E-state index contributed by atoms with van der Waals surface area (Å²) in [4.78, 5) is 4.99. The van der Waals surface area contributed by atoms with Crippen LogP contribution in [0.25, 0.3) is 22.3 Å². The highest BCUT2D eigenvalue weighted by atomic mass is 35.5. The third-order valence-electron chi connectivity index (χ3n) is 9.76. The summed E-state index contributed by atoms with van der Waals surface area (Å²) in [5.41, 5.74) is 10.6. The van der Waals surface area contributed by atoms with E-state index < -0.39 is 0 Å². The van der Waals surface area contributed by atoms with Crippen molar-refractivity contribution < 1.29 is 0 Å². The van der Waals surface area contributed by atoms with Crippen molar-refractivity contribution in [1.29, 1.82) is 0 Å². The molecule has 0 spiro atoms. The molecule has 3 unspecified atom stereocenters. The molecule has 3 atom stereocenters. The average molecular weight is 609 g/mol. The van der Waals surface area contributed by atoms with Gasteiger partial charge in [-0.15, -0.1) is 0 Å². The van der Waals surface area contributed by atoms with E-state index in [-0.39, 0.29) is 0 Å². The molecule has 1 fully saturated rings. The maximum atomic E-state index is 7.09. The van der Waals surface area contributed by atoms with Gasteiger partial charge in [0.1, 0.15) is 0 Å². The molecule has 0 radical (unpaired) electrons. The minimum absolute atomic E-state index is 0.406. The Morgan fingerprint density at radius 2 is 1.31 bits per heavy atom. The second-order valence-electron chi connectivity index (χ2n) is 12.8. The predicted molar refractivity (Wildman–Crippen MR) is 193 cm³/mol. The summed E-state index contributed by atoms with van der Waals surface area (Å²) in [7, 11) is 0. The minimum Gasteiger partial charge on any atom is -0.343 e. The highest BCUT2D eigenvalue weighted by molar-refractivity contribution is 6.31. The molecule has 2 bridgehead atoms. The quantitative estimate of drug-likeness (QED) is 0.189. The van der Waals surface area contributed by atoms with E-state index >= 15 is 0 Å². The van der Waals surface area contributed by atoms with Crippen molar-refractivity contribution in [1.82, 2.24) is 0 Å². The number of hydrogen-bond donors (Lipinski definition) is 0. The van der Waals surface area contributed by atoms with Crippen LogP contribution in [0.2, 0.25) is 5.02 Å². The van der Waals surface area contributed by atoms with Crippen LogP contribution in [0, 0.1) is 11.8 Å². The van der Waals surface area contributed by atoms with Gasteiger partial charge in [0, 0.05) is 45.0 Å². The van der Waals surface area contributed by atoms with E-state index in [4.69, 9.17) is 11.6 Å². The molecule has 0 amide bonds. The molecule has 2 aliphatic rings. The van der Waals surface area contributed by atoms with Crippen LogP contribution in [0.5, 0.6) is 0 Å². The lowest BCUT2D eigenvalue weighted by molar-refractivity contribution is 0.263. The van der Waals surface area contributed by atoms with Gasteiger partial charge in [0.15, 0.2) is 0 Å². The van der Waals surface area contributed by atoms with Crippen molar-refractivity contribution in [2.24, 2.45) is 11.8 Å². The monoisotopic (exact) mass is 608 g/mol. The molecule has 3 heteroatoms. The summed E-state index contributed by atoms with van der Waals surface area (Å²) in [6.45, 7) is 4.85. The first-order valence-electron chi connectivity index (χ1n) is 16.4. The van der Waals surface area contributed by atoms with Crippen LogP contribution in [0.4, 0.5) is 22.7 Å². The van der Waals surface area contributed by atoms with E-state index in [1.54, 1.807) is 0 Å². The van der Waals surface area contributed by atoms with Crippen LogP contribution in [0.15, 0.2) is 139 Å². The first-order valence-corrected chi connectivity index (χ1v) is 16.8. The summed E-state index contributed by atoms with van der Waals surface area (Å²) >= 11 is 7.09. The molecular weight excluding hydrogens is 568 g/mol. The molecule has 0 aromatic heterocycles. The van der Waals surface area contributed by atoms with Crippen molar-refractivity contribution in [2.75, 3.05) is 9.80 Å². The number of anilines is 4. The molecule has 5 aromatic carbocycles. The Kier molecular flexibility index (Phi) is 8.50. The van der Waals surface area contributed by atoms with Gasteiger partial charge in [0.25, 0.3) is 0 Å². The SMILES string of the molecule is CC1CCC/C=C2\CC1CC(C)N2c1cc(Cl)cc(N(c2ccccc2)c2c(-c3ccccc3)cccc2-c2ccccc2)c1. The normalized spacial score (nSPS) is 20.9. The predicted octanol–water partition coefficient (Wildman–Crippen LogP) is 12.5. The van der Waals surface area contributed by atoms with Crippen LogP contribution >= 0.6 is 11.6 Å². The lowest BCUT2D eigenvalue weighted by Crippen LogP contribution is -2.41. The van der Waals surface area contributed by atoms with Crippen molar-refractivity contribution in [3.05, 3.63) is 144 Å². The third-order valence-corrected chi connectivity index (χ3v) is 9.98. The number of benzene rings is 5. The first-order chi connectivity index (χ1) is 22.1. The number of fused-ring (bicyclic) bond motifs is 2. The van der Waals surface area contributed by atoms with Gasteiger partial charge in [-0.05, 0) is 85.9 Å². The molecule has 2 nitrogen and oxygen atoms in total. The summed E-state index contributed by atoms with van der Waals surface area (Å²) < 4.78 is 0. The standard InChI is InChI=1S/C42H41ClN2/c1-30-15-12-13-22-37-26-34(30)25-31(2)44(37)38-27-35(43)28-39(29-38)45(36-20-10-5-11-21-36)42-40(32-16-6-3-7-17-32)23-14-24-41(42)33-18-8-4-9-19-33/h3-11,14,16-24,27-31,34H,12-13,15,25-26H2,1-2H3/b37-22+. The maximum Gasteiger partial charge on any atom is 0.0618 e. The van der Waals surface area contributed by atoms with Crippen LogP contribution in [-0.2, 0) is 0 Å². The van der Waals surface area contributed by atoms with Gasteiger partial charge >= 0.3 is 0 Å². The Hall–Kier alpha value is -4.27. The molecular formula is C42H41ClN2. The topological polar surface area (TPSA) is 6.48 Å². The van der Waals surface area contributed by atoms with Gasteiger partial charge in [0.2, 0.25) is 0 Å². The molecule has 1 aliphatic heterocycles. The maximum absolute atomic E-state index is 7.09. The van der Waals surface area contributed by atoms with Crippen molar-refractivity contribution in [3.8, 4) is 22.3 Å². The van der Waals surface area contributed by atoms with Crippen LogP contribution in [0.3, 0.4) is 0 Å². The Morgan fingerprint density at radius 3 is 1.96 bits per heavy atom. The van der Waals surface area contributed by atoms with E-state index in [0.29, 0.717) is 6.04 Å². The summed E-state index contributed by atoms with van der Waals surface area (Å²) in [5.74, 6) is 1.51. The zero-order valence-electron chi connectivity index (χ0n) is 26.2. The van der Waals surface area contributed by atoms with E-state index in [0.717, 1.165) is 46.8 Å². The van der Waals surface area contributed by atoms with Crippen molar-refractivity contribution >= 4 is 34.4 Å². The highest BCUT2D eigenvalue weighted by Crippen LogP contribution is 2.49. The van der Waals surface area contributed by atoms with Crippen molar-refractivity contribution in [2.45, 2.75) is 52.0 Å². The lowest BCUT2D eigenvalue weighted by atomic mass is 9.77. The third kappa shape index (κ3) is 6.04. The van der Waals surface area contributed by atoms with Gasteiger partial charge in [-0.1, -0.05) is 128 Å². The number of rotatable bonds is 6. The van der Waals surface area contributed by atoms with E-state index in [9.17, 15) is 0 Å². The molecule has 0 N–H and O–H groups in total. The molecule has 0 saturated carbocycles. The first kappa shape index (κ1) is 29.4. The molecule has 226 valence electrons. The smallest absolute Gasteiger partial charge is 0.0618 e. The summed E-state index contributed by atoms with van der Waals surface area (Å²) in [6, 6.07) is 45.9. The molecule has 1 heterocycles. The summed E-state index contributed by atoms with van der Waals surface area (Å²) in [5, 5.41) is 0.746. The summed E-state index contributed by atoms with van der Waals surface area (Å²) in [6.07, 6.45) is 8.60. The fourth-order valence-electron chi connectivity index (χ4n) is 7.55. The van der Waals surface area contributed by atoms with E-state index in [2.05, 4.69) is 157 Å². The fraction of sp³-hybridized carbons (Fsp3) is 0.238. The number of nitrogens with zero attached hydrogens (tertiary/aromatic N) is 2. The average Bonchev–Trinajstić information content (AvgIpc) is 3.07. The largest absolute Gasteiger partial charge is 0.343 e. The van der Waals surface area contributed by atoms with Gasteiger partial charge in [-0.25, -0.2) is 0 Å². The molecule has 1 saturated heterocycles. The molecule has 5 aromatic rings. The zero-order valence-corrected chi connectivity index (χ0v) is 27.0. The number of hydrogen-bond acceptors (Lipinski definition) is 2. The molecule has 45 heavy (non-hydrogen) atoms. The minimum atomic E-state index is 0.406.